The Kier molecular flexibility index (Phi) is 6.76. The van der Waals surface area contributed by atoms with Crippen molar-refractivity contribution < 1.29 is 27.4 Å². The van der Waals surface area contributed by atoms with Gasteiger partial charge in [-0.3, -0.25) is 14.6 Å². The van der Waals surface area contributed by atoms with E-state index in [0.29, 0.717) is 30.0 Å². The summed E-state index contributed by atoms with van der Waals surface area (Å²) in [4.78, 5) is 17.5. The highest BCUT2D eigenvalue weighted by atomic mass is 19.4. The molecule has 0 aromatic heterocycles. The minimum Gasteiger partial charge on any atom is -0.497 e. The van der Waals surface area contributed by atoms with Crippen LogP contribution in [0, 0.1) is 6.92 Å². The average Bonchev–Trinajstić information content (AvgIpc) is 2.79. The highest BCUT2D eigenvalue weighted by Crippen LogP contribution is 2.37. The molecule has 1 heterocycles. The van der Waals surface area contributed by atoms with Crippen LogP contribution in [0.5, 0.6) is 11.5 Å². The average molecular weight is 485 g/mol. The van der Waals surface area contributed by atoms with Crippen LogP contribution in [0.1, 0.15) is 28.4 Å². The van der Waals surface area contributed by atoms with Crippen molar-refractivity contribution in [3.63, 3.8) is 0 Å². The smallest absolute Gasteiger partial charge is 0.497 e. The number of methoxy groups -OCH3 is 1. The van der Waals surface area contributed by atoms with Gasteiger partial charge in [-0.05, 0) is 55.8 Å². The van der Waals surface area contributed by atoms with E-state index >= 15 is 0 Å². The number of ether oxygens (including phenoxy) is 2. The van der Waals surface area contributed by atoms with Gasteiger partial charge < -0.3 is 9.47 Å². The fraction of sp³-hybridized carbons (Fsp3) is 0.296. The number of anilines is 1. The van der Waals surface area contributed by atoms with Gasteiger partial charge in [-0.25, -0.2) is 0 Å². The van der Waals surface area contributed by atoms with Crippen LogP contribution in [0.3, 0.4) is 0 Å². The number of aryl methyl sites for hydroxylation is 1. The minimum atomic E-state index is -4.76. The molecule has 0 spiro atoms. The Hall–Kier alpha value is -3.52. The van der Waals surface area contributed by atoms with Gasteiger partial charge in [-0.1, -0.05) is 36.4 Å². The van der Waals surface area contributed by atoms with Crippen molar-refractivity contribution in [2.24, 2.45) is 0 Å². The molecule has 184 valence electrons. The van der Waals surface area contributed by atoms with E-state index in [9.17, 15) is 18.0 Å². The highest BCUT2D eigenvalue weighted by molar-refractivity contribution is 6.08. The van der Waals surface area contributed by atoms with Gasteiger partial charge in [-0.2, -0.15) is 0 Å². The SMILES string of the molecule is COc1ccc(N(C(=O)c2ccccc2C)C2(C)CN(Cc3ccccc3OC(F)(F)F)C2)cc1. The molecule has 1 aliphatic rings. The number of rotatable bonds is 7. The van der Waals surface area contributed by atoms with Crippen LogP contribution in [0.2, 0.25) is 0 Å². The Labute approximate surface area is 202 Å². The number of hydrogen-bond donors (Lipinski definition) is 0. The van der Waals surface area contributed by atoms with E-state index in [2.05, 4.69) is 4.74 Å². The van der Waals surface area contributed by atoms with Crippen molar-refractivity contribution >= 4 is 11.6 Å². The minimum absolute atomic E-state index is 0.128. The first-order valence-electron chi connectivity index (χ1n) is 11.2. The molecule has 0 atom stereocenters. The van der Waals surface area contributed by atoms with Crippen LogP contribution < -0.4 is 14.4 Å². The molecular weight excluding hydrogens is 457 g/mol. The van der Waals surface area contributed by atoms with E-state index in [0.717, 1.165) is 11.3 Å². The number of nitrogens with zero attached hydrogens (tertiary/aromatic N) is 2. The summed E-state index contributed by atoms with van der Waals surface area (Å²) >= 11 is 0. The standard InChI is InChI=1S/C27H27F3N2O3/c1-19-8-4-6-10-23(19)25(33)32(21-12-14-22(34-3)15-13-21)26(2)17-31(18-26)16-20-9-5-7-11-24(20)35-27(28,29)30/h4-15H,16-18H2,1-3H3. The summed E-state index contributed by atoms with van der Waals surface area (Å²) in [6.45, 7) is 5.12. The van der Waals surface area contributed by atoms with E-state index in [1.54, 1.807) is 42.3 Å². The lowest BCUT2D eigenvalue weighted by Crippen LogP contribution is -2.69. The monoisotopic (exact) mass is 484 g/mol. The molecule has 0 radical (unpaired) electrons. The third-order valence-electron chi connectivity index (χ3n) is 6.17. The number of alkyl halides is 3. The third kappa shape index (κ3) is 5.43. The zero-order valence-corrected chi connectivity index (χ0v) is 19.8. The second kappa shape index (κ2) is 9.62. The lowest BCUT2D eigenvalue weighted by molar-refractivity contribution is -0.275. The van der Waals surface area contributed by atoms with Crippen LogP contribution in [0.25, 0.3) is 0 Å². The molecule has 1 fully saturated rings. The number of benzene rings is 3. The Morgan fingerprint density at radius 1 is 1.00 bits per heavy atom. The number of hydrogen-bond acceptors (Lipinski definition) is 4. The van der Waals surface area contributed by atoms with Crippen LogP contribution in [0.4, 0.5) is 18.9 Å². The molecule has 4 rings (SSSR count). The van der Waals surface area contributed by atoms with Gasteiger partial charge in [0.1, 0.15) is 11.5 Å². The van der Waals surface area contributed by atoms with E-state index in [1.807, 2.05) is 49.1 Å². The van der Waals surface area contributed by atoms with Crippen molar-refractivity contribution in [3.8, 4) is 11.5 Å². The van der Waals surface area contributed by atoms with Crippen LogP contribution in [-0.4, -0.2) is 42.9 Å². The van der Waals surface area contributed by atoms with Crippen molar-refractivity contribution in [2.75, 3.05) is 25.1 Å². The maximum absolute atomic E-state index is 13.8. The van der Waals surface area contributed by atoms with Crippen molar-refractivity contribution in [2.45, 2.75) is 32.3 Å². The lowest BCUT2D eigenvalue weighted by Gasteiger charge is -2.54. The maximum atomic E-state index is 13.8. The Morgan fingerprint density at radius 3 is 2.26 bits per heavy atom. The quantitative estimate of drug-likeness (QED) is 0.424. The van der Waals surface area contributed by atoms with E-state index in [4.69, 9.17) is 4.74 Å². The van der Waals surface area contributed by atoms with Gasteiger partial charge in [0.05, 0.1) is 12.6 Å². The molecule has 1 aliphatic heterocycles. The predicted octanol–water partition coefficient (Wildman–Crippen LogP) is 5.82. The molecule has 0 saturated carbocycles. The first kappa shape index (κ1) is 24.6. The van der Waals surface area contributed by atoms with Crippen molar-refractivity contribution in [3.05, 3.63) is 89.5 Å². The molecule has 0 aliphatic carbocycles. The molecule has 0 bridgehead atoms. The molecule has 0 unspecified atom stereocenters. The third-order valence-corrected chi connectivity index (χ3v) is 6.17. The maximum Gasteiger partial charge on any atom is 0.573 e. The molecule has 1 amide bonds. The molecule has 5 nitrogen and oxygen atoms in total. The Balaban J connectivity index is 1.59. The fourth-order valence-corrected chi connectivity index (χ4v) is 4.61. The zero-order valence-electron chi connectivity index (χ0n) is 19.8. The van der Waals surface area contributed by atoms with E-state index in [1.165, 1.54) is 12.1 Å². The van der Waals surface area contributed by atoms with Gasteiger partial charge in [-0.15, -0.1) is 13.2 Å². The lowest BCUT2D eigenvalue weighted by atomic mass is 9.87. The summed E-state index contributed by atoms with van der Waals surface area (Å²) in [5, 5.41) is 0. The van der Waals surface area contributed by atoms with Gasteiger partial charge in [0.15, 0.2) is 0 Å². The first-order valence-corrected chi connectivity index (χ1v) is 11.2. The number of halogens is 3. The first-order chi connectivity index (χ1) is 16.6. The second-order valence-electron chi connectivity index (χ2n) is 8.95. The fourth-order valence-electron chi connectivity index (χ4n) is 4.61. The summed E-state index contributed by atoms with van der Waals surface area (Å²) in [7, 11) is 1.58. The topological polar surface area (TPSA) is 42.0 Å². The van der Waals surface area contributed by atoms with Crippen LogP contribution in [0.15, 0.2) is 72.8 Å². The molecular formula is C27H27F3N2O3. The summed E-state index contributed by atoms with van der Waals surface area (Å²) in [6.07, 6.45) is -4.76. The van der Waals surface area contributed by atoms with Gasteiger partial charge >= 0.3 is 6.36 Å². The largest absolute Gasteiger partial charge is 0.573 e. The van der Waals surface area contributed by atoms with E-state index < -0.39 is 11.9 Å². The summed E-state index contributed by atoms with van der Waals surface area (Å²) in [6, 6.07) is 20.8. The number of carbonyl (C=O) groups excluding carboxylic acids is 1. The molecule has 3 aromatic carbocycles. The van der Waals surface area contributed by atoms with Crippen molar-refractivity contribution in [1.82, 2.24) is 4.90 Å². The highest BCUT2D eigenvalue weighted by Gasteiger charge is 2.47. The molecule has 3 aromatic rings. The van der Waals surface area contributed by atoms with E-state index in [-0.39, 0.29) is 18.2 Å². The molecule has 1 saturated heterocycles. The van der Waals surface area contributed by atoms with Crippen LogP contribution in [-0.2, 0) is 6.54 Å². The number of para-hydroxylation sites is 1. The molecule has 35 heavy (non-hydrogen) atoms. The number of carbonyl (C=O) groups is 1. The van der Waals surface area contributed by atoms with Crippen molar-refractivity contribution in [1.29, 1.82) is 0 Å². The Bertz CT molecular complexity index is 1190. The zero-order chi connectivity index (χ0) is 25.2. The van der Waals surface area contributed by atoms with Gasteiger partial charge in [0, 0.05) is 36.4 Å². The summed E-state index contributed by atoms with van der Waals surface area (Å²) in [5.41, 5.74) is 2.07. The molecule has 0 N–H and O–H groups in total. The summed E-state index contributed by atoms with van der Waals surface area (Å²) < 4.78 is 47.9. The predicted molar refractivity (Wildman–Crippen MR) is 128 cm³/mol. The second-order valence-corrected chi connectivity index (χ2v) is 8.95. The normalized spacial score (nSPS) is 15.3. The van der Waals surface area contributed by atoms with Gasteiger partial charge in [0.25, 0.3) is 5.91 Å². The Morgan fingerprint density at radius 2 is 1.63 bits per heavy atom. The van der Waals surface area contributed by atoms with Crippen LogP contribution >= 0.6 is 0 Å². The number of likely N-dealkylation sites (tertiary alicyclic amines) is 1. The molecule has 8 heteroatoms. The summed E-state index contributed by atoms with van der Waals surface area (Å²) in [5.74, 6) is 0.339. The van der Waals surface area contributed by atoms with Gasteiger partial charge in [0.2, 0.25) is 0 Å². The number of amides is 1.